The van der Waals surface area contributed by atoms with E-state index in [0.717, 1.165) is 39.9 Å². The second kappa shape index (κ2) is 7.66. The molecule has 0 aliphatic carbocycles. The molecule has 0 aliphatic rings. The Labute approximate surface area is 157 Å². The van der Waals surface area contributed by atoms with Gasteiger partial charge in [0.1, 0.15) is 5.52 Å². The van der Waals surface area contributed by atoms with E-state index in [9.17, 15) is 4.79 Å². The van der Waals surface area contributed by atoms with E-state index in [1.807, 2.05) is 57.2 Å². The highest BCUT2D eigenvalue weighted by atomic mass is 32.1. The minimum Gasteiger partial charge on any atom is -0.436 e. The molecule has 26 heavy (non-hydrogen) atoms. The van der Waals surface area contributed by atoms with E-state index >= 15 is 0 Å². The third kappa shape index (κ3) is 3.91. The molecule has 1 aromatic heterocycles. The normalized spacial score (nSPS) is 10.7. The number of anilines is 1. The van der Waals surface area contributed by atoms with Crippen molar-refractivity contribution in [3.63, 3.8) is 0 Å². The van der Waals surface area contributed by atoms with Gasteiger partial charge in [-0.3, -0.25) is 4.79 Å². The molecule has 2 aromatic carbocycles. The Balaban J connectivity index is 1.87. The van der Waals surface area contributed by atoms with Crippen LogP contribution in [0, 0.1) is 13.8 Å². The van der Waals surface area contributed by atoms with Crippen LogP contribution in [-0.4, -0.2) is 16.0 Å². The van der Waals surface area contributed by atoms with E-state index in [4.69, 9.17) is 16.6 Å². The van der Waals surface area contributed by atoms with Crippen LogP contribution in [0.15, 0.2) is 40.8 Å². The van der Waals surface area contributed by atoms with Gasteiger partial charge in [-0.1, -0.05) is 25.1 Å². The van der Waals surface area contributed by atoms with Crippen molar-refractivity contribution in [1.82, 2.24) is 10.3 Å². The molecule has 0 unspecified atom stereocenters. The zero-order valence-corrected chi connectivity index (χ0v) is 15.9. The van der Waals surface area contributed by atoms with Crippen LogP contribution < -0.4 is 10.6 Å². The number of nitrogens with one attached hydrogen (secondary N) is 2. The Hall–Kier alpha value is -2.73. The summed E-state index contributed by atoms with van der Waals surface area (Å²) in [4.78, 5) is 16.3. The summed E-state index contributed by atoms with van der Waals surface area (Å²) in [5, 5.41) is 6.00. The van der Waals surface area contributed by atoms with Gasteiger partial charge in [-0.25, -0.2) is 4.98 Å². The first-order chi connectivity index (χ1) is 12.5. The number of carbonyl (C=O) groups is 1. The average Bonchev–Trinajstić information content (AvgIpc) is 2.99. The molecule has 1 heterocycles. The number of nitrogens with zero attached hydrogens (tertiary/aromatic N) is 1. The summed E-state index contributed by atoms with van der Waals surface area (Å²) in [6.45, 7) is 5.93. The first-order valence-electron chi connectivity index (χ1n) is 8.56. The number of hydrogen-bond donors (Lipinski definition) is 2. The van der Waals surface area contributed by atoms with Crippen molar-refractivity contribution < 1.29 is 9.21 Å². The SMILES string of the molecule is CCCC(=O)NC(=S)Nc1cc(C)c2oc(-c3ccccc3C)nc2c1. The molecular weight excluding hydrogens is 346 g/mol. The number of amides is 1. The van der Waals surface area contributed by atoms with Crippen LogP contribution in [0.4, 0.5) is 5.69 Å². The summed E-state index contributed by atoms with van der Waals surface area (Å²) >= 11 is 5.20. The summed E-state index contributed by atoms with van der Waals surface area (Å²) in [5.41, 5.74) is 5.28. The topological polar surface area (TPSA) is 67.2 Å². The van der Waals surface area contributed by atoms with Crippen LogP contribution in [-0.2, 0) is 4.79 Å². The van der Waals surface area contributed by atoms with Gasteiger partial charge in [0.15, 0.2) is 10.7 Å². The molecule has 0 aliphatic heterocycles. The summed E-state index contributed by atoms with van der Waals surface area (Å²) in [6, 6.07) is 11.8. The van der Waals surface area contributed by atoms with Crippen LogP contribution in [0.25, 0.3) is 22.6 Å². The standard InChI is InChI=1S/C20H21N3O2S/c1-4-7-17(24)23-20(26)21-14-10-13(3)18-16(11-14)22-19(25-18)15-9-6-5-8-12(15)2/h5-6,8-11H,4,7H2,1-3H3,(H2,21,23,24,26). The van der Waals surface area contributed by atoms with Crippen LogP contribution in [0.5, 0.6) is 0 Å². The quantitative estimate of drug-likeness (QED) is 0.653. The van der Waals surface area contributed by atoms with E-state index in [2.05, 4.69) is 15.6 Å². The average molecular weight is 367 g/mol. The lowest BCUT2D eigenvalue weighted by atomic mass is 10.1. The van der Waals surface area contributed by atoms with Gasteiger partial charge in [-0.05, 0) is 61.8 Å². The van der Waals surface area contributed by atoms with E-state index < -0.39 is 0 Å². The minimum atomic E-state index is -0.0916. The second-order valence-electron chi connectivity index (χ2n) is 6.23. The maximum absolute atomic E-state index is 11.6. The second-order valence-corrected chi connectivity index (χ2v) is 6.64. The smallest absolute Gasteiger partial charge is 0.227 e. The lowest BCUT2D eigenvalue weighted by molar-refractivity contribution is -0.119. The van der Waals surface area contributed by atoms with Gasteiger partial charge < -0.3 is 15.1 Å². The van der Waals surface area contributed by atoms with Crippen LogP contribution in [0.1, 0.15) is 30.9 Å². The van der Waals surface area contributed by atoms with Crippen molar-refractivity contribution in [1.29, 1.82) is 0 Å². The Morgan fingerprint density at radius 2 is 1.96 bits per heavy atom. The molecule has 3 rings (SSSR count). The maximum Gasteiger partial charge on any atom is 0.227 e. The van der Waals surface area contributed by atoms with Crippen molar-refractivity contribution in [3.05, 3.63) is 47.5 Å². The minimum absolute atomic E-state index is 0.0916. The predicted octanol–water partition coefficient (Wildman–Crippen LogP) is 4.72. The van der Waals surface area contributed by atoms with Gasteiger partial charge in [0, 0.05) is 17.7 Å². The zero-order chi connectivity index (χ0) is 18.7. The molecule has 3 aromatic rings. The van der Waals surface area contributed by atoms with E-state index in [1.165, 1.54) is 0 Å². The molecule has 6 heteroatoms. The molecule has 0 spiro atoms. The van der Waals surface area contributed by atoms with Gasteiger partial charge >= 0.3 is 0 Å². The Morgan fingerprint density at radius 1 is 1.19 bits per heavy atom. The number of fused-ring (bicyclic) bond motifs is 1. The van der Waals surface area contributed by atoms with Crippen molar-refractivity contribution in [3.8, 4) is 11.5 Å². The molecule has 134 valence electrons. The van der Waals surface area contributed by atoms with Crippen molar-refractivity contribution in [2.75, 3.05) is 5.32 Å². The van der Waals surface area contributed by atoms with Crippen molar-refractivity contribution >= 4 is 40.0 Å². The van der Waals surface area contributed by atoms with Crippen LogP contribution in [0.3, 0.4) is 0 Å². The summed E-state index contributed by atoms with van der Waals surface area (Å²) < 4.78 is 5.98. The molecular formula is C20H21N3O2S. The fourth-order valence-electron chi connectivity index (χ4n) is 2.78. The number of rotatable bonds is 4. The van der Waals surface area contributed by atoms with Gasteiger partial charge in [-0.15, -0.1) is 0 Å². The van der Waals surface area contributed by atoms with Crippen molar-refractivity contribution in [2.45, 2.75) is 33.6 Å². The number of aryl methyl sites for hydroxylation is 2. The molecule has 0 saturated carbocycles. The number of benzene rings is 2. The van der Waals surface area contributed by atoms with Crippen LogP contribution >= 0.6 is 12.2 Å². The third-order valence-corrected chi connectivity index (χ3v) is 4.24. The molecule has 1 amide bonds. The highest BCUT2D eigenvalue weighted by Crippen LogP contribution is 2.30. The maximum atomic E-state index is 11.6. The number of aromatic nitrogens is 1. The number of carbonyl (C=O) groups excluding carboxylic acids is 1. The first-order valence-corrected chi connectivity index (χ1v) is 8.96. The van der Waals surface area contributed by atoms with Gasteiger partial charge in [0.05, 0.1) is 0 Å². The summed E-state index contributed by atoms with van der Waals surface area (Å²) in [7, 11) is 0. The molecule has 0 atom stereocenters. The monoisotopic (exact) mass is 367 g/mol. The third-order valence-electron chi connectivity index (χ3n) is 4.04. The van der Waals surface area contributed by atoms with Gasteiger partial charge in [-0.2, -0.15) is 0 Å². The van der Waals surface area contributed by atoms with Gasteiger partial charge in [0.2, 0.25) is 11.8 Å². The lowest BCUT2D eigenvalue weighted by Crippen LogP contribution is -2.33. The Kier molecular flexibility index (Phi) is 5.32. The highest BCUT2D eigenvalue weighted by Gasteiger charge is 2.13. The predicted molar refractivity (Wildman–Crippen MR) is 108 cm³/mol. The summed E-state index contributed by atoms with van der Waals surface area (Å²) in [5.74, 6) is 0.503. The number of thiocarbonyl (C=S) groups is 1. The number of oxazole rings is 1. The fraction of sp³-hybridized carbons (Fsp3) is 0.250. The van der Waals surface area contributed by atoms with E-state index in [1.54, 1.807) is 0 Å². The van der Waals surface area contributed by atoms with E-state index in [-0.39, 0.29) is 11.0 Å². The van der Waals surface area contributed by atoms with Crippen molar-refractivity contribution in [2.24, 2.45) is 0 Å². The molecule has 5 nitrogen and oxygen atoms in total. The van der Waals surface area contributed by atoms with E-state index in [0.29, 0.717) is 12.3 Å². The lowest BCUT2D eigenvalue weighted by Gasteiger charge is -2.09. The zero-order valence-electron chi connectivity index (χ0n) is 15.1. The number of hydrogen-bond acceptors (Lipinski definition) is 4. The largest absolute Gasteiger partial charge is 0.436 e. The fourth-order valence-corrected chi connectivity index (χ4v) is 3.01. The molecule has 2 N–H and O–H groups in total. The molecule has 0 bridgehead atoms. The molecule has 0 saturated heterocycles. The van der Waals surface area contributed by atoms with Gasteiger partial charge in [0.25, 0.3) is 0 Å². The Morgan fingerprint density at radius 3 is 2.69 bits per heavy atom. The molecule has 0 radical (unpaired) electrons. The van der Waals surface area contributed by atoms with Crippen LogP contribution in [0.2, 0.25) is 0 Å². The first kappa shape index (κ1) is 18.1. The molecule has 0 fully saturated rings. The Bertz CT molecular complexity index is 978. The summed E-state index contributed by atoms with van der Waals surface area (Å²) in [6.07, 6.45) is 1.23. The highest BCUT2D eigenvalue weighted by molar-refractivity contribution is 7.80.